The van der Waals surface area contributed by atoms with Gasteiger partial charge in [-0.15, -0.1) is 0 Å². The Kier molecular flexibility index (Phi) is 5.23. The van der Waals surface area contributed by atoms with Crippen LogP contribution in [0.15, 0.2) is 36.5 Å². The van der Waals surface area contributed by atoms with E-state index >= 15 is 0 Å². The van der Waals surface area contributed by atoms with Crippen LogP contribution in [0.3, 0.4) is 0 Å². The van der Waals surface area contributed by atoms with E-state index in [9.17, 15) is 18.0 Å². The normalized spacial score (nSPS) is 11.4. The highest BCUT2D eigenvalue weighted by atomic mass is 35.5. The Bertz CT molecular complexity index is 1010. The van der Waals surface area contributed by atoms with Gasteiger partial charge in [0.25, 0.3) is 5.91 Å². The van der Waals surface area contributed by atoms with Crippen LogP contribution >= 0.6 is 11.6 Å². The lowest BCUT2D eigenvalue weighted by atomic mass is 10.2. The first-order chi connectivity index (χ1) is 13.1. The molecule has 0 spiro atoms. The van der Waals surface area contributed by atoms with Crippen molar-refractivity contribution in [2.75, 3.05) is 5.43 Å². The van der Waals surface area contributed by atoms with Crippen LogP contribution in [0.5, 0.6) is 0 Å². The summed E-state index contributed by atoms with van der Waals surface area (Å²) in [5, 5.41) is 3.95. The predicted molar refractivity (Wildman–Crippen MR) is 96.2 cm³/mol. The molecule has 28 heavy (non-hydrogen) atoms. The number of halogens is 4. The Balaban J connectivity index is 1.92. The molecule has 146 valence electrons. The summed E-state index contributed by atoms with van der Waals surface area (Å²) in [5.74, 6) is -0.981. The van der Waals surface area contributed by atoms with Gasteiger partial charge in [-0.2, -0.15) is 18.3 Å². The average Bonchev–Trinajstić information content (AvgIpc) is 3.04. The van der Waals surface area contributed by atoms with Crippen LogP contribution in [0.2, 0.25) is 5.02 Å². The largest absolute Gasteiger partial charge is 0.434 e. The van der Waals surface area contributed by atoms with Gasteiger partial charge in [-0.3, -0.25) is 15.6 Å². The predicted octanol–water partition coefficient (Wildman–Crippen LogP) is 3.71. The molecule has 0 saturated heterocycles. The van der Waals surface area contributed by atoms with Gasteiger partial charge in [0.15, 0.2) is 5.69 Å². The number of hydrogen-bond donors (Lipinski definition) is 2. The second kappa shape index (κ2) is 7.47. The van der Waals surface area contributed by atoms with Crippen molar-refractivity contribution in [1.29, 1.82) is 0 Å². The van der Waals surface area contributed by atoms with E-state index in [0.717, 1.165) is 6.20 Å². The van der Waals surface area contributed by atoms with Crippen LogP contribution < -0.4 is 10.9 Å². The van der Waals surface area contributed by atoms with Crippen molar-refractivity contribution >= 4 is 23.5 Å². The van der Waals surface area contributed by atoms with E-state index in [4.69, 9.17) is 11.6 Å². The molecular formula is C17H14ClF3N6O. The van der Waals surface area contributed by atoms with Crippen molar-refractivity contribution in [2.24, 2.45) is 0 Å². The molecule has 0 unspecified atom stereocenters. The molecule has 2 N–H and O–H groups in total. The Morgan fingerprint density at radius 2 is 1.82 bits per heavy atom. The molecule has 0 aliphatic carbocycles. The fourth-order valence-electron chi connectivity index (χ4n) is 2.55. The second-order valence-corrected chi connectivity index (χ2v) is 6.29. The summed E-state index contributed by atoms with van der Waals surface area (Å²) < 4.78 is 41.5. The van der Waals surface area contributed by atoms with E-state index in [1.54, 1.807) is 19.9 Å². The number of alkyl halides is 3. The molecule has 0 saturated carbocycles. The van der Waals surface area contributed by atoms with E-state index in [1.807, 2.05) is 0 Å². The number of carbonyl (C=O) groups excluding carboxylic acids is 1. The molecule has 2 aromatic heterocycles. The molecule has 0 fully saturated rings. The van der Waals surface area contributed by atoms with Crippen molar-refractivity contribution in [3.8, 4) is 5.69 Å². The van der Waals surface area contributed by atoms with Crippen molar-refractivity contribution in [1.82, 2.24) is 25.2 Å². The van der Waals surface area contributed by atoms with Crippen LogP contribution in [0.4, 0.5) is 19.1 Å². The Morgan fingerprint density at radius 1 is 1.14 bits per heavy atom. The van der Waals surface area contributed by atoms with Crippen LogP contribution in [-0.4, -0.2) is 25.7 Å². The van der Waals surface area contributed by atoms with Gasteiger partial charge >= 0.3 is 6.18 Å². The highest BCUT2D eigenvalue weighted by Crippen LogP contribution is 2.34. The van der Waals surface area contributed by atoms with Crippen LogP contribution in [0.1, 0.15) is 27.4 Å². The number of anilines is 1. The van der Waals surface area contributed by atoms with Crippen LogP contribution in [0, 0.1) is 13.8 Å². The minimum absolute atomic E-state index is 0.0571. The van der Waals surface area contributed by atoms with E-state index in [0.29, 0.717) is 16.1 Å². The molecule has 1 aromatic carbocycles. The van der Waals surface area contributed by atoms with Crippen molar-refractivity contribution in [3.63, 3.8) is 0 Å². The summed E-state index contributed by atoms with van der Waals surface area (Å²) in [6.07, 6.45) is -4.00. The summed E-state index contributed by atoms with van der Waals surface area (Å²) in [5.41, 5.74) is 4.03. The van der Waals surface area contributed by atoms with Crippen LogP contribution in [0.25, 0.3) is 5.69 Å². The van der Waals surface area contributed by atoms with Gasteiger partial charge in [0.05, 0.1) is 17.4 Å². The van der Waals surface area contributed by atoms with Gasteiger partial charge in [-0.25, -0.2) is 14.6 Å². The number of benzene rings is 1. The smallest absolute Gasteiger partial charge is 0.267 e. The average molecular weight is 411 g/mol. The minimum atomic E-state index is -4.83. The molecular weight excluding hydrogens is 397 g/mol. The Morgan fingerprint density at radius 3 is 2.43 bits per heavy atom. The molecule has 0 radical (unpaired) electrons. The van der Waals surface area contributed by atoms with E-state index < -0.39 is 23.3 Å². The first-order valence-electron chi connectivity index (χ1n) is 7.95. The summed E-state index contributed by atoms with van der Waals surface area (Å²) in [6.45, 7) is 3.44. The lowest BCUT2D eigenvalue weighted by molar-refractivity contribution is -0.143. The number of amides is 1. The zero-order valence-electron chi connectivity index (χ0n) is 14.7. The molecule has 2 heterocycles. The number of nitrogens with one attached hydrogen (secondary N) is 2. The molecule has 11 heteroatoms. The lowest BCUT2D eigenvalue weighted by Gasteiger charge is -2.13. The molecule has 1 amide bonds. The number of rotatable bonds is 4. The minimum Gasteiger partial charge on any atom is -0.267 e. The zero-order chi connectivity index (χ0) is 20.5. The second-order valence-electron chi connectivity index (χ2n) is 5.85. The topological polar surface area (TPSA) is 84.7 Å². The Hall–Kier alpha value is -3.14. The highest BCUT2D eigenvalue weighted by Gasteiger charge is 2.40. The number of hydrogen-bond acceptors (Lipinski definition) is 5. The van der Waals surface area contributed by atoms with Gasteiger partial charge in [0.2, 0.25) is 5.95 Å². The van der Waals surface area contributed by atoms with Crippen molar-refractivity contribution < 1.29 is 18.0 Å². The van der Waals surface area contributed by atoms with E-state index in [2.05, 4.69) is 25.9 Å². The maximum atomic E-state index is 13.6. The molecule has 3 rings (SSSR count). The van der Waals surface area contributed by atoms with Gasteiger partial charge in [0, 0.05) is 16.4 Å². The number of carbonyl (C=O) groups is 1. The third-order valence-electron chi connectivity index (χ3n) is 3.61. The maximum Gasteiger partial charge on any atom is 0.434 e. The fraction of sp³-hybridized carbons (Fsp3) is 0.176. The zero-order valence-corrected chi connectivity index (χ0v) is 15.4. The van der Waals surface area contributed by atoms with Gasteiger partial charge in [-0.05, 0) is 38.1 Å². The number of aromatic nitrogens is 4. The van der Waals surface area contributed by atoms with E-state index in [-0.39, 0.29) is 16.7 Å². The molecule has 0 atom stereocenters. The summed E-state index contributed by atoms with van der Waals surface area (Å²) in [4.78, 5) is 20.4. The lowest BCUT2D eigenvalue weighted by Crippen LogP contribution is -2.32. The number of nitrogens with zero attached hydrogens (tertiary/aromatic N) is 4. The standard InChI is InChI=1S/C17H14ClF3N6O/c1-9-6-10(2)24-16(23-9)26-25-15(28)13-8-22-27(14(13)17(19,20)21)12-5-3-4-11(18)7-12/h3-8H,1-2H3,(H,25,28)(H,23,24,26). The summed E-state index contributed by atoms with van der Waals surface area (Å²) >= 11 is 5.85. The van der Waals surface area contributed by atoms with E-state index in [1.165, 1.54) is 24.3 Å². The van der Waals surface area contributed by atoms with Crippen molar-refractivity contribution in [3.05, 3.63) is 64.2 Å². The first-order valence-corrected chi connectivity index (χ1v) is 8.33. The van der Waals surface area contributed by atoms with Crippen LogP contribution in [-0.2, 0) is 6.18 Å². The highest BCUT2D eigenvalue weighted by molar-refractivity contribution is 6.30. The molecule has 0 aliphatic heterocycles. The first kappa shape index (κ1) is 19.6. The van der Waals surface area contributed by atoms with Gasteiger partial charge in [0.1, 0.15) is 0 Å². The SMILES string of the molecule is Cc1cc(C)nc(NNC(=O)c2cnn(-c3cccc(Cl)c3)c2C(F)(F)F)n1. The molecule has 0 aliphatic rings. The third-order valence-corrected chi connectivity index (χ3v) is 3.84. The quantitative estimate of drug-likeness (QED) is 0.640. The molecule has 3 aromatic rings. The molecule has 0 bridgehead atoms. The number of aryl methyl sites for hydroxylation is 2. The Labute approximate surface area is 162 Å². The van der Waals surface area contributed by atoms with Crippen molar-refractivity contribution in [2.45, 2.75) is 20.0 Å². The monoisotopic (exact) mass is 410 g/mol. The van der Waals surface area contributed by atoms with Gasteiger partial charge in [-0.1, -0.05) is 17.7 Å². The fourth-order valence-corrected chi connectivity index (χ4v) is 2.74. The molecule has 7 nitrogen and oxygen atoms in total. The number of hydrazine groups is 1. The third kappa shape index (κ3) is 4.22. The summed E-state index contributed by atoms with van der Waals surface area (Å²) in [7, 11) is 0. The summed E-state index contributed by atoms with van der Waals surface area (Å²) in [6, 6.07) is 7.43. The van der Waals surface area contributed by atoms with Gasteiger partial charge < -0.3 is 0 Å². The maximum absolute atomic E-state index is 13.6.